The molecule has 1 fully saturated rings. The second kappa shape index (κ2) is 8.33. The molecule has 1 unspecified atom stereocenters. The number of amides is 1. The summed E-state index contributed by atoms with van der Waals surface area (Å²) < 4.78 is 7.25. The fraction of sp³-hybridized carbons (Fsp3) is 0.474. The van der Waals surface area contributed by atoms with E-state index in [0.29, 0.717) is 21.8 Å². The van der Waals surface area contributed by atoms with E-state index in [1.165, 1.54) is 12.8 Å². The molecule has 27 heavy (non-hydrogen) atoms. The maximum absolute atomic E-state index is 11.1. The molecule has 2 aromatic rings. The van der Waals surface area contributed by atoms with Crippen molar-refractivity contribution in [2.24, 2.45) is 11.7 Å². The summed E-state index contributed by atoms with van der Waals surface area (Å²) in [6, 6.07) is 5.75. The summed E-state index contributed by atoms with van der Waals surface area (Å²) in [5, 5.41) is 2.22. The Kier molecular flexibility index (Phi) is 6.28. The molecule has 1 saturated carbocycles. The molecule has 1 heterocycles. The Balaban J connectivity index is 2.06. The van der Waals surface area contributed by atoms with E-state index in [-0.39, 0.29) is 18.6 Å². The van der Waals surface area contributed by atoms with Crippen molar-refractivity contribution < 1.29 is 9.53 Å². The van der Waals surface area contributed by atoms with Crippen LogP contribution in [0.1, 0.15) is 57.1 Å². The molecular weight excluding hydrogens is 405 g/mol. The molecular formula is C19H23Cl2N3O2S. The average Bonchev–Trinajstić information content (AvgIpc) is 3.34. The molecule has 8 heteroatoms. The number of carbonyl (C=O) groups excluding carboxylic acids is 1. The average molecular weight is 428 g/mol. The van der Waals surface area contributed by atoms with Crippen molar-refractivity contribution in [3.05, 3.63) is 39.8 Å². The maximum atomic E-state index is 11.1. The van der Waals surface area contributed by atoms with Gasteiger partial charge in [-0.3, -0.25) is 0 Å². The highest BCUT2D eigenvalue weighted by Gasteiger charge is 2.33. The topological polar surface area (TPSA) is 70.1 Å². The van der Waals surface area contributed by atoms with Crippen molar-refractivity contribution in [3.63, 3.8) is 0 Å². The van der Waals surface area contributed by atoms with Crippen LogP contribution in [0.15, 0.2) is 28.1 Å². The van der Waals surface area contributed by atoms with Crippen LogP contribution in [0.4, 0.5) is 4.79 Å². The predicted molar refractivity (Wildman–Crippen MR) is 109 cm³/mol. The second-order valence-electron chi connectivity index (χ2n) is 7.14. The van der Waals surface area contributed by atoms with Gasteiger partial charge in [-0.2, -0.15) is 0 Å². The monoisotopic (exact) mass is 427 g/mol. The number of hydrogen-bond donors (Lipinski definition) is 1. The fourth-order valence-corrected chi connectivity index (χ4v) is 5.11. The number of ether oxygens (including phenoxy) is 1. The molecule has 1 aromatic heterocycles. The first-order valence-corrected chi connectivity index (χ1v) is 10.5. The van der Waals surface area contributed by atoms with E-state index >= 15 is 0 Å². The normalized spacial score (nSPS) is 15.2. The molecule has 146 valence electrons. The van der Waals surface area contributed by atoms with Crippen LogP contribution in [-0.4, -0.2) is 15.6 Å². The number of rotatable bonds is 7. The minimum absolute atomic E-state index is 0.0585. The number of carbonyl (C=O) groups is 1. The van der Waals surface area contributed by atoms with Gasteiger partial charge in [0.25, 0.3) is 0 Å². The summed E-state index contributed by atoms with van der Waals surface area (Å²) in [6.07, 6.45) is 1.59. The van der Waals surface area contributed by atoms with Gasteiger partial charge in [0.05, 0.1) is 5.69 Å². The van der Waals surface area contributed by atoms with Crippen molar-refractivity contribution in [3.8, 4) is 0 Å². The lowest BCUT2D eigenvalue weighted by Gasteiger charge is -2.20. The summed E-state index contributed by atoms with van der Waals surface area (Å²) in [5.41, 5.74) is 6.13. The lowest BCUT2D eigenvalue weighted by Crippen LogP contribution is -2.17. The Hall–Kier alpha value is -1.37. The first kappa shape index (κ1) is 20.4. The molecule has 0 saturated heterocycles. The number of hydrogen-bond acceptors (Lipinski definition) is 4. The van der Waals surface area contributed by atoms with E-state index in [0.717, 1.165) is 15.6 Å². The van der Waals surface area contributed by atoms with E-state index in [2.05, 4.69) is 25.3 Å². The first-order valence-electron chi connectivity index (χ1n) is 8.93. The van der Waals surface area contributed by atoms with Crippen LogP contribution in [-0.2, 0) is 11.3 Å². The molecule has 5 nitrogen and oxygen atoms in total. The van der Waals surface area contributed by atoms with Crippen LogP contribution in [0.3, 0.4) is 0 Å². The summed E-state index contributed by atoms with van der Waals surface area (Å²) in [4.78, 5) is 16.9. The molecule has 0 radical (unpaired) electrons. The molecule has 1 amide bonds. The van der Waals surface area contributed by atoms with Crippen molar-refractivity contribution in [2.75, 3.05) is 0 Å². The minimum atomic E-state index is -0.800. The largest absolute Gasteiger partial charge is 0.442 e. The van der Waals surface area contributed by atoms with Crippen molar-refractivity contribution >= 4 is 41.1 Å². The third kappa shape index (κ3) is 4.92. The highest BCUT2D eigenvalue weighted by Crippen LogP contribution is 2.45. The highest BCUT2D eigenvalue weighted by molar-refractivity contribution is 7.99. The Morgan fingerprint density at radius 2 is 1.93 bits per heavy atom. The van der Waals surface area contributed by atoms with Crippen LogP contribution in [0.25, 0.3) is 0 Å². The van der Waals surface area contributed by atoms with Gasteiger partial charge in [-0.05, 0) is 49.8 Å². The summed E-state index contributed by atoms with van der Waals surface area (Å²) in [6.45, 7) is 6.44. The lowest BCUT2D eigenvalue weighted by molar-refractivity contribution is 0.144. The quantitative estimate of drug-likeness (QED) is 0.585. The molecule has 2 N–H and O–H groups in total. The Bertz CT molecular complexity index is 829. The van der Waals surface area contributed by atoms with Gasteiger partial charge < -0.3 is 15.0 Å². The number of imidazole rings is 1. The van der Waals surface area contributed by atoms with Gasteiger partial charge in [0, 0.05) is 21.0 Å². The maximum Gasteiger partial charge on any atom is 0.404 e. The van der Waals surface area contributed by atoms with E-state index in [9.17, 15) is 4.79 Å². The van der Waals surface area contributed by atoms with E-state index in [1.54, 1.807) is 17.8 Å². The van der Waals surface area contributed by atoms with Gasteiger partial charge in [-0.15, -0.1) is 0 Å². The van der Waals surface area contributed by atoms with Crippen molar-refractivity contribution in [2.45, 2.75) is 62.1 Å². The third-order valence-corrected chi connectivity index (χ3v) is 6.13. The van der Waals surface area contributed by atoms with Crippen molar-refractivity contribution in [1.29, 1.82) is 0 Å². The van der Waals surface area contributed by atoms with E-state index in [4.69, 9.17) is 38.7 Å². The van der Waals surface area contributed by atoms with Crippen LogP contribution in [0.2, 0.25) is 10.0 Å². The first-order chi connectivity index (χ1) is 12.8. The molecule has 3 rings (SSSR count). The predicted octanol–water partition coefficient (Wildman–Crippen LogP) is 6.03. The van der Waals surface area contributed by atoms with E-state index in [1.807, 2.05) is 12.1 Å². The number of benzene rings is 1. The van der Waals surface area contributed by atoms with Crippen LogP contribution < -0.4 is 5.73 Å². The standard InChI is InChI=1S/C19H23Cl2N3O2S/c1-10(2)17-18(27-15-7-13(20)6-14(21)8-15)24(11(3)12-4-5-12)16(23-17)9-26-19(22)25/h6-8,10-12H,4-5,9H2,1-3H3,(H2,22,25). The van der Waals surface area contributed by atoms with Gasteiger partial charge in [-0.25, -0.2) is 9.78 Å². The van der Waals surface area contributed by atoms with Gasteiger partial charge in [0.1, 0.15) is 10.9 Å². The van der Waals surface area contributed by atoms with Gasteiger partial charge in [0.15, 0.2) is 6.61 Å². The number of halogens is 2. The fourth-order valence-electron chi connectivity index (χ4n) is 3.10. The Morgan fingerprint density at radius 1 is 1.30 bits per heavy atom. The van der Waals surface area contributed by atoms with E-state index < -0.39 is 6.09 Å². The van der Waals surface area contributed by atoms with Crippen molar-refractivity contribution in [1.82, 2.24) is 9.55 Å². The third-order valence-electron chi connectivity index (χ3n) is 4.62. The molecule has 1 aliphatic rings. The SMILES string of the molecule is CC(C)c1nc(COC(N)=O)n(C(C)C2CC2)c1Sc1cc(Cl)cc(Cl)c1. The van der Waals surface area contributed by atoms with Gasteiger partial charge in [0.2, 0.25) is 0 Å². The highest BCUT2D eigenvalue weighted by atomic mass is 35.5. The molecule has 1 aliphatic carbocycles. The number of nitrogens with two attached hydrogens (primary N) is 1. The summed E-state index contributed by atoms with van der Waals surface area (Å²) >= 11 is 13.9. The number of nitrogens with zero attached hydrogens (tertiary/aromatic N) is 2. The zero-order chi connectivity index (χ0) is 19.7. The summed E-state index contributed by atoms with van der Waals surface area (Å²) in [7, 11) is 0. The number of primary amides is 1. The molecule has 0 bridgehead atoms. The van der Waals surface area contributed by atoms with Crippen LogP contribution >= 0.6 is 35.0 Å². The van der Waals surface area contributed by atoms with Crippen LogP contribution in [0.5, 0.6) is 0 Å². The molecule has 1 atom stereocenters. The number of aromatic nitrogens is 2. The lowest BCUT2D eigenvalue weighted by atomic mass is 10.1. The minimum Gasteiger partial charge on any atom is -0.442 e. The van der Waals surface area contributed by atoms with Gasteiger partial charge >= 0.3 is 6.09 Å². The Morgan fingerprint density at radius 3 is 2.44 bits per heavy atom. The molecule has 0 aliphatic heterocycles. The second-order valence-corrected chi connectivity index (χ2v) is 9.07. The molecule has 0 spiro atoms. The molecule has 1 aromatic carbocycles. The Labute approximate surface area is 173 Å². The van der Waals surface area contributed by atoms with Crippen LogP contribution in [0, 0.1) is 5.92 Å². The zero-order valence-electron chi connectivity index (χ0n) is 15.5. The zero-order valence-corrected chi connectivity index (χ0v) is 17.9. The van der Waals surface area contributed by atoms with Gasteiger partial charge in [-0.1, -0.05) is 48.8 Å². The smallest absolute Gasteiger partial charge is 0.404 e. The summed E-state index contributed by atoms with van der Waals surface area (Å²) in [5.74, 6) is 1.53.